The molecule has 3 rings (SSSR count). The van der Waals surface area contributed by atoms with Crippen LogP contribution in [-0.2, 0) is 30.6 Å². The maximum Gasteiger partial charge on any atom is 0.262 e. The molecule has 3 aromatic rings. The third-order valence-corrected chi connectivity index (χ3v) is 8.13. The number of benzene rings is 2. The number of amides is 1. The first-order chi connectivity index (χ1) is 14.6. The topological polar surface area (TPSA) is 142 Å². The van der Waals surface area contributed by atoms with Gasteiger partial charge in [0.05, 0.1) is 10.6 Å². The molecule has 12 heteroatoms. The SMILES string of the molecule is Cc1ccc(S(=O)(=O)NCC(NS(=O)(=O)Cc2ccc3sccc3c2)C(=O)NO)cc1. The van der Waals surface area contributed by atoms with Crippen LogP contribution in [0, 0.1) is 6.92 Å². The van der Waals surface area contributed by atoms with E-state index in [0.29, 0.717) is 5.56 Å². The maximum atomic E-state index is 12.6. The van der Waals surface area contributed by atoms with Crippen LogP contribution in [0.3, 0.4) is 0 Å². The van der Waals surface area contributed by atoms with Crippen LogP contribution in [0.5, 0.6) is 0 Å². The molecular weight excluding hydrogens is 462 g/mol. The fourth-order valence-corrected chi connectivity index (χ4v) is 5.99. The minimum absolute atomic E-state index is 0.0341. The second-order valence-electron chi connectivity index (χ2n) is 6.86. The highest BCUT2D eigenvalue weighted by Gasteiger charge is 2.27. The highest BCUT2D eigenvalue weighted by molar-refractivity contribution is 7.89. The molecule has 31 heavy (non-hydrogen) atoms. The van der Waals surface area contributed by atoms with Crippen LogP contribution in [0.2, 0.25) is 0 Å². The van der Waals surface area contributed by atoms with Gasteiger partial charge in [-0.25, -0.2) is 31.8 Å². The maximum absolute atomic E-state index is 12.6. The number of fused-ring (bicyclic) bond motifs is 1. The number of carbonyl (C=O) groups excluding carboxylic acids is 1. The molecule has 1 unspecified atom stereocenters. The van der Waals surface area contributed by atoms with Gasteiger partial charge in [0.15, 0.2) is 0 Å². The molecule has 1 atom stereocenters. The smallest absolute Gasteiger partial charge is 0.262 e. The van der Waals surface area contributed by atoms with Crippen LogP contribution in [0.25, 0.3) is 10.1 Å². The van der Waals surface area contributed by atoms with E-state index in [1.807, 2.05) is 11.4 Å². The Hall–Kier alpha value is -2.35. The summed E-state index contributed by atoms with van der Waals surface area (Å²) in [5.41, 5.74) is 2.72. The molecule has 9 nitrogen and oxygen atoms in total. The molecule has 2 aromatic carbocycles. The molecule has 0 fully saturated rings. The van der Waals surface area contributed by atoms with Gasteiger partial charge in [0.1, 0.15) is 6.04 Å². The molecule has 4 N–H and O–H groups in total. The lowest BCUT2D eigenvalue weighted by Crippen LogP contribution is -2.52. The molecule has 0 bridgehead atoms. The van der Waals surface area contributed by atoms with Gasteiger partial charge in [-0.2, -0.15) is 0 Å². The Morgan fingerprint density at radius 2 is 1.77 bits per heavy atom. The Morgan fingerprint density at radius 3 is 2.45 bits per heavy atom. The summed E-state index contributed by atoms with van der Waals surface area (Å²) in [6, 6.07) is 11.5. The van der Waals surface area contributed by atoms with Gasteiger partial charge in [0.2, 0.25) is 20.0 Å². The molecule has 0 saturated carbocycles. The van der Waals surface area contributed by atoms with Gasteiger partial charge >= 0.3 is 0 Å². The van der Waals surface area contributed by atoms with Crippen molar-refractivity contribution >= 4 is 47.4 Å². The van der Waals surface area contributed by atoms with Crippen molar-refractivity contribution in [3.05, 3.63) is 65.0 Å². The normalized spacial score (nSPS) is 13.2. The van der Waals surface area contributed by atoms with Crippen molar-refractivity contribution < 1.29 is 26.8 Å². The van der Waals surface area contributed by atoms with Crippen molar-refractivity contribution in [3.8, 4) is 0 Å². The number of thiophene rings is 1. The fourth-order valence-electron chi connectivity index (χ4n) is 2.84. The minimum Gasteiger partial charge on any atom is -0.289 e. The molecule has 166 valence electrons. The molecule has 0 aliphatic carbocycles. The second kappa shape index (κ2) is 9.42. The average molecular weight is 484 g/mol. The van der Waals surface area contributed by atoms with Crippen molar-refractivity contribution in [1.29, 1.82) is 0 Å². The largest absolute Gasteiger partial charge is 0.289 e. The lowest BCUT2D eigenvalue weighted by atomic mass is 10.2. The standard InChI is InChI=1S/C19H21N3O6S3/c1-13-2-5-16(6-3-13)31(27,28)20-11-17(19(23)21-24)22-30(25,26)12-14-4-7-18-15(10-14)8-9-29-18/h2-10,17,20,22,24H,11-12H2,1H3,(H,21,23). The number of rotatable bonds is 9. The lowest BCUT2D eigenvalue weighted by Gasteiger charge is -2.18. The second-order valence-corrected chi connectivity index (χ2v) is 11.3. The summed E-state index contributed by atoms with van der Waals surface area (Å²) < 4.78 is 55.4. The molecule has 1 aromatic heterocycles. The Bertz CT molecular complexity index is 1280. The number of hydrogen-bond acceptors (Lipinski definition) is 7. The fraction of sp³-hybridized carbons (Fsp3) is 0.211. The number of hydroxylamine groups is 1. The van der Waals surface area contributed by atoms with Crippen molar-refractivity contribution in [2.45, 2.75) is 23.6 Å². The molecule has 0 aliphatic rings. The predicted octanol–water partition coefficient (Wildman–Crippen LogP) is 1.48. The van der Waals surface area contributed by atoms with Crippen LogP contribution in [0.4, 0.5) is 0 Å². The minimum atomic E-state index is -4.03. The zero-order chi connectivity index (χ0) is 22.6. The molecule has 0 aliphatic heterocycles. The quantitative estimate of drug-likeness (QED) is 0.268. The van der Waals surface area contributed by atoms with Gasteiger partial charge in [0, 0.05) is 11.2 Å². The number of carbonyl (C=O) groups is 1. The zero-order valence-electron chi connectivity index (χ0n) is 16.4. The molecule has 0 saturated heterocycles. The van der Waals surface area contributed by atoms with Crippen LogP contribution in [-0.4, -0.2) is 40.5 Å². The summed E-state index contributed by atoms with van der Waals surface area (Å²) in [7, 11) is -8.02. The van der Waals surface area contributed by atoms with Crippen molar-refractivity contribution in [2.75, 3.05) is 6.54 Å². The van der Waals surface area contributed by atoms with E-state index in [9.17, 15) is 21.6 Å². The van der Waals surface area contributed by atoms with E-state index in [1.54, 1.807) is 37.3 Å². The van der Waals surface area contributed by atoms with Crippen LogP contribution in [0.15, 0.2) is 58.8 Å². The first-order valence-electron chi connectivity index (χ1n) is 9.06. The predicted molar refractivity (Wildman–Crippen MR) is 118 cm³/mol. The van der Waals surface area contributed by atoms with Gasteiger partial charge in [0.25, 0.3) is 5.91 Å². The van der Waals surface area contributed by atoms with Crippen molar-refractivity contribution in [1.82, 2.24) is 14.9 Å². The molecule has 1 heterocycles. The van der Waals surface area contributed by atoms with Crippen molar-refractivity contribution in [2.24, 2.45) is 0 Å². The van der Waals surface area contributed by atoms with E-state index >= 15 is 0 Å². The molecule has 0 spiro atoms. The van der Waals surface area contributed by atoms with E-state index in [2.05, 4.69) is 9.44 Å². The van der Waals surface area contributed by atoms with Gasteiger partial charge in [-0.15, -0.1) is 11.3 Å². The summed E-state index contributed by atoms with van der Waals surface area (Å²) in [4.78, 5) is 11.9. The Labute approximate surface area is 184 Å². The van der Waals surface area contributed by atoms with Gasteiger partial charge in [-0.1, -0.05) is 23.8 Å². The molecule has 1 amide bonds. The number of hydrogen-bond donors (Lipinski definition) is 4. The van der Waals surface area contributed by atoms with Gasteiger partial charge in [-0.3, -0.25) is 10.0 Å². The van der Waals surface area contributed by atoms with E-state index in [1.165, 1.54) is 28.9 Å². The number of aryl methyl sites for hydroxylation is 1. The number of nitrogens with one attached hydrogen (secondary N) is 3. The average Bonchev–Trinajstić information content (AvgIpc) is 3.18. The Balaban J connectivity index is 1.72. The highest BCUT2D eigenvalue weighted by atomic mass is 32.2. The van der Waals surface area contributed by atoms with E-state index < -0.39 is 44.3 Å². The first kappa shape index (κ1) is 23.3. The van der Waals surface area contributed by atoms with Crippen LogP contribution < -0.4 is 14.9 Å². The van der Waals surface area contributed by atoms with Gasteiger partial charge < -0.3 is 0 Å². The third kappa shape index (κ3) is 6.09. The van der Waals surface area contributed by atoms with Crippen LogP contribution in [0.1, 0.15) is 11.1 Å². The summed E-state index contributed by atoms with van der Waals surface area (Å²) in [5, 5.41) is 11.7. The van der Waals surface area contributed by atoms with Gasteiger partial charge in [-0.05, 0) is 53.6 Å². The van der Waals surface area contributed by atoms with E-state index in [0.717, 1.165) is 15.6 Å². The number of sulfonamides is 2. The Kier molecular flexibility index (Phi) is 7.09. The summed E-state index contributed by atoms with van der Waals surface area (Å²) in [6.45, 7) is 1.21. The van der Waals surface area contributed by atoms with Crippen molar-refractivity contribution in [3.63, 3.8) is 0 Å². The molecular formula is C19H21N3O6S3. The van der Waals surface area contributed by atoms with E-state index in [4.69, 9.17) is 5.21 Å². The highest BCUT2D eigenvalue weighted by Crippen LogP contribution is 2.22. The zero-order valence-corrected chi connectivity index (χ0v) is 18.9. The van der Waals surface area contributed by atoms with E-state index in [-0.39, 0.29) is 4.90 Å². The monoisotopic (exact) mass is 483 g/mol. The first-order valence-corrected chi connectivity index (χ1v) is 13.1. The summed E-state index contributed by atoms with van der Waals surface area (Å²) in [5.74, 6) is -1.51. The van der Waals surface area contributed by atoms with Crippen LogP contribution >= 0.6 is 11.3 Å². The summed E-state index contributed by atoms with van der Waals surface area (Å²) >= 11 is 1.53. The Morgan fingerprint density at radius 1 is 1.06 bits per heavy atom. The molecule has 0 radical (unpaired) electrons. The lowest BCUT2D eigenvalue weighted by molar-refractivity contribution is -0.130. The third-order valence-electron chi connectivity index (χ3n) is 4.43. The summed E-state index contributed by atoms with van der Waals surface area (Å²) in [6.07, 6.45) is 0.